The first kappa shape index (κ1) is 13.5. The van der Waals surface area contributed by atoms with Crippen LogP contribution in [0.15, 0.2) is 12.1 Å². The van der Waals surface area contributed by atoms with Crippen molar-refractivity contribution in [1.82, 2.24) is 10.3 Å². The number of nitrogens with one attached hydrogen (secondary N) is 1. The van der Waals surface area contributed by atoms with Gasteiger partial charge in [0.05, 0.1) is 4.88 Å². The van der Waals surface area contributed by atoms with Crippen LogP contribution in [0.5, 0.6) is 0 Å². The fraction of sp³-hybridized carbons (Fsp3) is 0.583. The highest BCUT2D eigenvalue weighted by Gasteiger charge is 2.22. The van der Waals surface area contributed by atoms with E-state index >= 15 is 0 Å². The molecule has 1 aromatic rings. The summed E-state index contributed by atoms with van der Waals surface area (Å²) in [6.07, 6.45) is 2.05. The van der Waals surface area contributed by atoms with E-state index in [2.05, 4.69) is 10.3 Å². The Labute approximate surface area is 111 Å². The summed E-state index contributed by atoms with van der Waals surface area (Å²) in [4.78, 5) is 15.5. The van der Waals surface area contributed by atoms with Crippen molar-refractivity contribution < 1.29 is 9.90 Å². The van der Waals surface area contributed by atoms with Crippen molar-refractivity contribution >= 4 is 17.2 Å². The van der Waals surface area contributed by atoms with Gasteiger partial charge in [0.25, 0.3) is 5.91 Å². The molecule has 0 radical (unpaired) electrons. The van der Waals surface area contributed by atoms with Crippen LogP contribution in [0.2, 0.25) is 0 Å². The molecule has 0 aromatic carbocycles. The van der Waals surface area contributed by atoms with Gasteiger partial charge in [-0.1, -0.05) is 0 Å². The van der Waals surface area contributed by atoms with Gasteiger partial charge in [0, 0.05) is 24.6 Å². The number of aliphatic hydroxyl groups is 1. The molecule has 1 aliphatic rings. The number of thiophene rings is 1. The quantitative estimate of drug-likeness (QED) is 0.414. The summed E-state index contributed by atoms with van der Waals surface area (Å²) in [5.41, 5.74) is 2.14. The van der Waals surface area contributed by atoms with Gasteiger partial charge in [-0.25, -0.2) is 5.84 Å². The molecule has 1 unspecified atom stereocenters. The molecule has 0 spiro atoms. The Morgan fingerprint density at radius 3 is 3.17 bits per heavy atom. The molecule has 1 aliphatic heterocycles. The van der Waals surface area contributed by atoms with Gasteiger partial charge in [-0.15, -0.1) is 11.3 Å². The van der Waals surface area contributed by atoms with Gasteiger partial charge >= 0.3 is 0 Å². The molecular formula is C12H19N3O2S. The van der Waals surface area contributed by atoms with Gasteiger partial charge < -0.3 is 5.11 Å². The fourth-order valence-corrected chi connectivity index (χ4v) is 3.30. The number of amides is 1. The SMILES string of the molecule is NNC(=O)c1ccc(CN2CCC(CCO)C2)s1. The second-order valence-electron chi connectivity index (χ2n) is 4.64. The number of nitrogens with two attached hydrogens (primary N) is 1. The molecule has 2 heterocycles. The number of aliphatic hydroxyl groups excluding tert-OH is 1. The number of nitrogen functional groups attached to an aromatic ring is 1. The average molecular weight is 269 g/mol. The van der Waals surface area contributed by atoms with Gasteiger partial charge in [-0.3, -0.25) is 15.1 Å². The molecular weight excluding hydrogens is 250 g/mol. The lowest BCUT2D eigenvalue weighted by molar-refractivity contribution is 0.0957. The third-order valence-corrected chi connectivity index (χ3v) is 4.37. The third-order valence-electron chi connectivity index (χ3n) is 3.30. The van der Waals surface area contributed by atoms with E-state index in [-0.39, 0.29) is 12.5 Å². The molecule has 1 saturated heterocycles. The van der Waals surface area contributed by atoms with Crippen molar-refractivity contribution in [3.8, 4) is 0 Å². The highest BCUT2D eigenvalue weighted by molar-refractivity contribution is 7.14. The Hall–Kier alpha value is -0.950. The van der Waals surface area contributed by atoms with Crippen LogP contribution >= 0.6 is 11.3 Å². The lowest BCUT2D eigenvalue weighted by atomic mass is 10.1. The van der Waals surface area contributed by atoms with Crippen LogP contribution in [0.3, 0.4) is 0 Å². The van der Waals surface area contributed by atoms with E-state index in [1.54, 1.807) is 0 Å². The van der Waals surface area contributed by atoms with Crippen LogP contribution in [0.4, 0.5) is 0 Å². The molecule has 18 heavy (non-hydrogen) atoms. The van der Waals surface area contributed by atoms with E-state index in [1.165, 1.54) is 16.2 Å². The summed E-state index contributed by atoms with van der Waals surface area (Å²) >= 11 is 1.48. The first-order valence-electron chi connectivity index (χ1n) is 6.15. The molecule has 1 amide bonds. The zero-order chi connectivity index (χ0) is 13.0. The van der Waals surface area contributed by atoms with Gasteiger partial charge in [0.2, 0.25) is 0 Å². The number of hydrogen-bond donors (Lipinski definition) is 3. The molecule has 0 saturated carbocycles. The van der Waals surface area contributed by atoms with Crippen molar-refractivity contribution in [2.45, 2.75) is 19.4 Å². The predicted octanol–water partition coefficient (Wildman–Crippen LogP) is 0.556. The van der Waals surface area contributed by atoms with Crippen molar-refractivity contribution in [3.05, 3.63) is 21.9 Å². The predicted molar refractivity (Wildman–Crippen MR) is 71.1 cm³/mol. The van der Waals surface area contributed by atoms with Crippen LogP contribution < -0.4 is 11.3 Å². The van der Waals surface area contributed by atoms with E-state index in [4.69, 9.17) is 10.9 Å². The van der Waals surface area contributed by atoms with Crippen LogP contribution in [0, 0.1) is 5.92 Å². The number of carbonyl (C=O) groups is 1. The molecule has 1 atom stereocenters. The molecule has 0 bridgehead atoms. The summed E-state index contributed by atoms with van der Waals surface area (Å²) in [5, 5.41) is 8.92. The maximum Gasteiger partial charge on any atom is 0.275 e. The molecule has 0 aliphatic carbocycles. The molecule has 1 aromatic heterocycles. The van der Waals surface area contributed by atoms with E-state index in [0.717, 1.165) is 32.5 Å². The summed E-state index contributed by atoms with van der Waals surface area (Å²) < 4.78 is 0. The smallest absolute Gasteiger partial charge is 0.275 e. The summed E-state index contributed by atoms with van der Waals surface area (Å²) in [7, 11) is 0. The largest absolute Gasteiger partial charge is 0.396 e. The fourth-order valence-electron chi connectivity index (χ4n) is 2.35. The maximum atomic E-state index is 11.3. The number of hydrogen-bond acceptors (Lipinski definition) is 5. The number of nitrogens with zero attached hydrogens (tertiary/aromatic N) is 1. The topological polar surface area (TPSA) is 78.6 Å². The van der Waals surface area contributed by atoms with Crippen molar-refractivity contribution in [3.63, 3.8) is 0 Å². The molecule has 100 valence electrons. The van der Waals surface area contributed by atoms with Crippen molar-refractivity contribution in [1.29, 1.82) is 0 Å². The third kappa shape index (κ3) is 3.29. The zero-order valence-corrected chi connectivity index (χ0v) is 11.1. The second-order valence-corrected chi connectivity index (χ2v) is 5.81. The number of rotatable bonds is 5. The highest BCUT2D eigenvalue weighted by Crippen LogP contribution is 2.24. The first-order chi connectivity index (χ1) is 8.72. The highest BCUT2D eigenvalue weighted by atomic mass is 32.1. The van der Waals surface area contributed by atoms with Gasteiger partial charge in [0.15, 0.2) is 0 Å². The Bertz CT molecular complexity index is 408. The van der Waals surface area contributed by atoms with E-state index in [9.17, 15) is 4.79 Å². The summed E-state index contributed by atoms with van der Waals surface area (Å²) in [5.74, 6) is 5.48. The van der Waals surface area contributed by atoms with Crippen molar-refractivity contribution in [2.75, 3.05) is 19.7 Å². The monoisotopic (exact) mass is 269 g/mol. The standard InChI is InChI=1S/C12H19N3O2S/c13-14-12(17)11-2-1-10(18-11)8-15-5-3-9(7-15)4-6-16/h1-2,9,16H,3-8,13H2,(H,14,17). The minimum absolute atomic E-state index is 0.231. The van der Waals surface area contributed by atoms with Crippen LogP contribution in [0.1, 0.15) is 27.4 Å². The number of likely N-dealkylation sites (tertiary alicyclic amines) is 1. The van der Waals surface area contributed by atoms with E-state index in [0.29, 0.717) is 10.8 Å². The van der Waals surface area contributed by atoms with Crippen LogP contribution in [-0.4, -0.2) is 35.6 Å². The maximum absolute atomic E-state index is 11.3. The minimum atomic E-state index is -0.231. The second kappa shape index (κ2) is 6.29. The molecule has 6 heteroatoms. The average Bonchev–Trinajstić information content (AvgIpc) is 2.99. The summed E-state index contributed by atoms with van der Waals surface area (Å²) in [6, 6.07) is 3.79. The Morgan fingerprint density at radius 2 is 2.44 bits per heavy atom. The summed E-state index contributed by atoms with van der Waals surface area (Å²) in [6.45, 7) is 3.26. The Balaban J connectivity index is 1.87. The van der Waals surface area contributed by atoms with Gasteiger partial charge in [0.1, 0.15) is 0 Å². The minimum Gasteiger partial charge on any atom is -0.396 e. The van der Waals surface area contributed by atoms with Gasteiger partial charge in [-0.05, 0) is 37.4 Å². The Kier molecular flexibility index (Phi) is 4.71. The van der Waals surface area contributed by atoms with E-state index < -0.39 is 0 Å². The zero-order valence-electron chi connectivity index (χ0n) is 10.3. The first-order valence-corrected chi connectivity index (χ1v) is 6.97. The number of carbonyl (C=O) groups excluding carboxylic acids is 1. The molecule has 4 N–H and O–H groups in total. The molecule has 2 rings (SSSR count). The lowest BCUT2D eigenvalue weighted by Gasteiger charge is -2.14. The van der Waals surface area contributed by atoms with Crippen LogP contribution in [-0.2, 0) is 6.54 Å². The van der Waals surface area contributed by atoms with Crippen LogP contribution in [0.25, 0.3) is 0 Å². The van der Waals surface area contributed by atoms with Crippen molar-refractivity contribution in [2.24, 2.45) is 11.8 Å². The molecule has 1 fully saturated rings. The Morgan fingerprint density at radius 1 is 1.61 bits per heavy atom. The molecule has 5 nitrogen and oxygen atoms in total. The lowest BCUT2D eigenvalue weighted by Crippen LogP contribution is -2.29. The van der Waals surface area contributed by atoms with Gasteiger partial charge in [-0.2, -0.15) is 0 Å². The number of hydrazine groups is 1. The van der Waals surface area contributed by atoms with E-state index in [1.807, 2.05) is 12.1 Å². The normalized spacial score (nSPS) is 20.2.